The van der Waals surface area contributed by atoms with Crippen molar-refractivity contribution in [2.45, 2.75) is 26.1 Å². The summed E-state index contributed by atoms with van der Waals surface area (Å²) in [6, 6.07) is 0. The van der Waals surface area contributed by atoms with Crippen LogP contribution in [0.1, 0.15) is 13.8 Å². The van der Waals surface area contributed by atoms with Crippen LogP contribution in [-0.2, 0) is 46.7 Å². The Kier molecular flexibility index (Phi) is 14.5. The fraction of sp³-hybridized carbons (Fsp3) is 0.625. The molecule has 178 valence electrons. The summed E-state index contributed by atoms with van der Waals surface area (Å²) in [7, 11) is -7.82. The Hall–Kier alpha value is -1.53. The van der Waals surface area contributed by atoms with Gasteiger partial charge in [0.1, 0.15) is 19.3 Å². The first-order valence-electron chi connectivity index (χ1n) is 8.69. The van der Waals surface area contributed by atoms with Gasteiger partial charge in [0.15, 0.2) is 6.10 Å². The van der Waals surface area contributed by atoms with Crippen LogP contribution in [0.5, 0.6) is 0 Å². The van der Waals surface area contributed by atoms with E-state index in [0.717, 1.165) is 0 Å². The third-order valence-corrected chi connectivity index (χ3v) is 4.05. The van der Waals surface area contributed by atoms with Gasteiger partial charge in [0.2, 0.25) is 0 Å². The Morgan fingerprint density at radius 1 is 0.903 bits per heavy atom. The molecule has 15 heteroatoms. The van der Waals surface area contributed by atoms with E-state index in [1.54, 1.807) is 0 Å². The molecule has 13 nitrogen and oxygen atoms in total. The molecule has 0 saturated carbocycles. The number of phosphoric acid groups is 1. The van der Waals surface area contributed by atoms with Crippen LogP contribution in [-0.4, -0.2) is 78.5 Å². The molecule has 0 bridgehead atoms. The predicted molar refractivity (Wildman–Crippen MR) is 105 cm³/mol. The molecule has 3 N–H and O–H groups in total. The molecule has 0 aliphatic carbocycles. The molecule has 0 saturated heterocycles. The smallest absolute Gasteiger partial charge is 0.459 e. The van der Waals surface area contributed by atoms with Gasteiger partial charge in [0, 0.05) is 15.7 Å². The molecular weight excluding hydrogens is 462 g/mol. The van der Waals surface area contributed by atoms with Crippen molar-refractivity contribution in [3.8, 4) is 0 Å². The summed E-state index contributed by atoms with van der Waals surface area (Å²) in [5, 5.41) is 0. The zero-order valence-electron chi connectivity index (χ0n) is 17.1. The van der Waals surface area contributed by atoms with Gasteiger partial charge in [-0.25, -0.2) is 14.2 Å². The highest BCUT2D eigenvalue weighted by molar-refractivity contribution is 7.46. The highest BCUT2D eigenvalue weighted by Gasteiger charge is 2.26. The number of esters is 2. The van der Waals surface area contributed by atoms with E-state index in [1.807, 2.05) is 0 Å². The van der Waals surface area contributed by atoms with E-state index >= 15 is 0 Å². The van der Waals surface area contributed by atoms with Crippen molar-refractivity contribution in [3.05, 3.63) is 24.3 Å². The van der Waals surface area contributed by atoms with Crippen LogP contribution in [0, 0.1) is 0 Å². The summed E-state index contributed by atoms with van der Waals surface area (Å²) in [6.07, 6.45) is -2.27. The van der Waals surface area contributed by atoms with E-state index in [1.165, 1.54) is 13.8 Å². The topological polar surface area (TPSA) is 184 Å². The van der Waals surface area contributed by atoms with Gasteiger partial charge in [-0.1, -0.05) is 13.2 Å². The van der Waals surface area contributed by atoms with Crippen molar-refractivity contribution < 1.29 is 61.4 Å². The van der Waals surface area contributed by atoms with Crippen LogP contribution in [0.25, 0.3) is 0 Å². The second-order valence-electron chi connectivity index (χ2n) is 6.09. The average Bonchev–Trinajstić information content (AvgIpc) is 2.63. The highest BCUT2D eigenvalue weighted by atomic mass is 31.2. The second-order valence-corrected chi connectivity index (χ2v) is 7.97. The third-order valence-electron chi connectivity index (χ3n) is 3.00. The van der Waals surface area contributed by atoms with Crippen LogP contribution < -0.4 is 0 Å². The maximum absolute atomic E-state index is 11.4. The highest BCUT2D eigenvalue weighted by Crippen LogP contribution is 2.37. The van der Waals surface area contributed by atoms with Crippen LogP contribution in [0.4, 0.5) is 0 Å². The Labute approximate surface area is 180 Å². The van der Waals surface area contributed by atoms with Gasteiger partial charge in [-0.2, -0.15) is 0 Å². The van der Waals surface area contributed by atoms with E-state index in [9.17, 15) is 18.7 Å². The molecule has 0 aromatic heterocycles. The van der Waals surface area contributed by atoms with Gasteiger partial charge in [0.25, 0.3) is 0 Å². The minimum atomic E-state index is -4.86. The lowest BCUT2D eigenvalue weighted by atomic mass is 10.3. The van der Waals surface area contributed by atoms with E-state index < -0.39 is 46.8 Å². The monoisotopic (exact) mass is 489 g/mol. The van der Waals surface area contributed by atoms with Crippen molar-refractivity contribution in [1.82, 2.24) is 0 Å². The number of rotatable bonds is 17. The first-order chi connectivity index (χ1) is 14.3. The molecule has 0 radical (unpaired) electrons. The summed E-state index contributed by atoms with van der Waals surface area (Å²) in [5.41, 5.74) is 0.238. The summed E-state index contributed by atoms with van der Waals surface area (Å²) < 4.78 is 51.0. The Bertz CT molecular complexity index is 687. The van der Waals surface area contributed by atoms with Crippen molar-refractivity contribution in [3.63, 3.8) is 0 Å². The number of ether oxygens (including phenoxy) is 4. The van der Waals surface area contributed by atoms with E-state index in [2.05, 4.69) is 22.2 Å². The van der Waals surface area contributed by atoms with E-state index in [0.29, 0.717) is 0 Å². The summed E-state index contributed by atoms with van der Waals surface area (Å²) in [6.45, 7) is 8.10. The van der Waals surface area contributed by atoms with Crippen LogP contribution in [0.3, 0.4) is 0 Å². The van der Waals surface area contributed by atoms with Crippen molar-refractivity contribution in [2.75, 3.05) is 39.6 Å². The summed E-state index contributed by atoms with van der Waals surface area (Å²) in [5.74, 6) is -1.46. The third kappa shape index (κ3) is 16.8. The predicted octanol–water partition coefficient (Wildman–Crippen LogP) is 0.771. The molecule has 0 spiro atoms. The van der Waals surface area contributed by atoms with Gasteiger partial charge >= 0.3 is 28.0 Å². The van der Waals surface area contributed by atoms with Crippen LogP contribution in [0.2, 0.25) is 0 Å². The van der Waals surface area contributed by atoms with Crippen LogP contribution in [0.15, 0.2) is 24.3 Å². The van der Waals surface area contributed by atoms with E-state index in [4.69, 9.17) is 33.6 Å². The normalized spacial score (nSPS) is 13.8. The lowest BCUT2D eigenvalue weighted by Gasteiger charge is -2.18. The van der Waals surface area contributed by atoms with Gasteiger partial charge in [-0.3, -0.25) is 4.52 Å². The minimum Gasteiger partial charge on any atom is -0.459 e. The minimum absolute atomic E-state index is 0.0509. The fourth-order valence-electron chi connectivity index (χ4n) is 1.67. The zero-order chi connectivity index (χ0) is 24.0. The molecule has 0 aromatic carbocycles. The Balaban J connectivity index is 4.37. The molecule has 0 aliphatic heterocycles. The molecule has 0 rings (SSSR count). The maximum atomic E-state index is 11.4. The SMILES string of the molecule is C=C(C)C(=O)OCC(COCCOCC(COC(=O)C(=C)C)OP(=O)(O)O)O[P+](=O)O. The van der Waals surface area contributed by atoms with Gasteiger partial charge in [0.05, 0.1) is 26.4 Å². The number of carbonyl (C=O) groups excluding carboxylic acids is 2. The average molecular weight is 489 g/mol. The molecule has 0 fully saturated rings. The van der Waals surface area contributed by atoms with E-state index in [-0.39, 0.29) is 44.2 Å². The molecular formula is C16H27O13P2+. The lowest BCUT2D eigenvalue weighted by Crippen LogP contribution is -2.28. The van der Waals surface area contributed by atoms with Gasteiger partial charge < -0.3 is 28.7 Å². The number of hydrogen-bond acceptors (Lipinski definition) is 10. The summed E-state index contributed by atoms with van der Waals surface area (Å²) >= 11 is 0. The summed E-state index contributed by atoms with van der Waals surface area (Å²) in [4.78, 5) is 49.4. The van der Waals surface area contributed by atoms with Crippen molar-refractivity contribution in [1.29, 1.82) is 0 Å². The van der Waals surface area contributed by atoms with Gasteiger partial charge in [-0.05, 0) is 13.8 Å². The second kappa shape index (κ2) is 15.3. The molecule has 0 heterocycles. The zero-order valence-corrected chi connectivity index (χ0v) is 18.9. The molecule has 0 aliphatic rings. The molecule has 0 aromatic rings. The lowest BCUT2D eigenvalue weighted by molar-refractivity contribution is -0.144. The quantitative estimate of drug-likeness (QED) is 0.113. The Morgan fingerprint density at radius 2 is 1.32 bits per heavy atom. The molecule has 3 unspecified atom stereocenters. The fourth-order valence-corrected chi connectivity index (χ4v) is 2.56. The molecule has 3 atom stereocenters. The van der Waals surface area contributed by atoms with Crippen molar-refractivity contribution in [2.24, 2.45) is 0 Å². The molecule has 0 amide bonds. The number of phosphoric ester groups is 1. The number of hydrogen-bond donors (Lipinski definition) is 3. The number of carbonyl (C=O) groups is 2. The standard InChI is InChI=1S/C16H26O13P2/c1-11(2)15(17)26-9-13(28-30(19)20)7-24-5-6-25-8-14(29-31(21,22)23)10-27-16(18)12(3)4/h13-14H,1,3,5-10H2,2,4H3,(H2-,19,20,21,22,23)/p+1. The maximum Gasteiger partial charge on any atom is 0.695 e. The largest absolute Gasteiger partial charge is 0.695 e. The molecule has 31 heavy (non-hydrogen) atoms. The van der Waals surface area contributed by atoms with Crippen LogP contribution >= 0.6 is 16.1 Å². The first-order valence-corrected chi connectivity index (χ1v) is 11.4. The van der Waals surface area contributed by atoms with Crippen molar-refractivity contribution >= 4 is 28.0 Å². The van der Waals surface area contributed by atoms with Gasteiger partial charge in [-0.15, -0.1) is 9.42 Å². The Morgan fingerprint density at radius 3 is 1.71 bits per heavy atom. The first kappa shape index (κ1) is 29.5.